The first-order chi connectivity index (χ1) is 16.5. The lowest BCUT2D eigenvalue weighted by atomic mass is 9.80. The van der Waals surface area contributed by atoms with E-state index < -0.39 is 17.2 Å². The van der Waals surface area contributed by atoms with Crippen LogP contribution in [0.3, 0.4) is 0 Å². The van der Waals surface area contributed by atoms with Gasteiger partial charge in [-0.3, -0.25) is 0 Å². The van der Waals surface area contributed by atoms with E-state index >= 15 is 0 Å². The van der Waals surface area contributed by atoms with Crippen molar-refractivity contribution in [2.24, 2.45) is 0 Å². The molecule has 0 amide bonds. The zero-order chi connectivity index (χ0) is 26.1. The molecule has 0 aromatic carbocycles. The Balaban J connectivity index is 1.76. The fraction of sp³-hybridized carbons (Fsp3) is 0.778. The minimum absolute atomic E-state index is 0.170. The van der Waals surface area contributed by atoms with Crippen molar-refractivity contribution in [1.82, 2.24) is 0 Å². The van der Waals surface area contributed by atoms with Crippen molar-refractivity contribution in [1.29, 1.82) is 0 Å². The van der Waals surface area contributed by atoms with Crippen LogP contribution in [0.15, 0.2) is 24.3 Å². The lowest BCUT2D eigenvalue weighted by molar-refractivity contribution is -0.213. The third-order valence-corrected chi connectivity index (χ3v) is 7.00. The predicted octanol–water partition coefficient (Wildman–Crippen LogP) is 4.30. The molecule has 35 heavy (non-hydrogen) atoms. The largest absolute Gasteiger partial charge is 0.453 e. The molecule has 2 aliphatic rings. The van der Waals surface area contributed by atoms with Gasteiger partial charge in [-0.2, -0.15) is 0 Å². The van der Waals surface area contributed by atoms with E-state index in [0.717, 1.165) is 44.9 Å². The van der Waals surface area contributed by atoms with Crippen LogP contribution in [0.1, 0.15) is 72.6 Å². The van der Waals surface area contributed by atoms with Gasteiger partial charge in [-0.25, -0.2) is 9.59 Å². The minimum atomic E-state index is -0.890. The Morgan fingerprint density at radius 3 is 1.91 bits per heavy atom. The molecule has 0 bridgehead atoms. The van der Waals surface area contributed by atoms with E-state index in [1.165, 1.54) is 0 Å². The second kappa shape index (κ2) is 13.5. The van der Waals surface area contributed by atoms with Gasteiger partial charge >= 0.3 is 11.9 Å². The molecule has 0 aliphatic heterocycles. The molecule has 2 saturated carbocycles. The summed E-state index contributed by atoms with van der Waals surface area (Å²) in [5, 5.41) is 0. The summed E-state index contributed by atoms with van der Waals surface area (Å²) in [7, 11) is 1.62. The third-order valence-electron chi connectivity index (χ3n) is 7.00. The van der Waals surface area contributed by atoms with E-state index in [1.54, 1.807) is 21.0 Å². The lowest BCUT2D eigenvalue weighted by Crippen LogP contribution is -2.57. The van der Waals surface area contributed by atoms with Crippen molar-refractivity contribution in [3.8, 4) is 0 Å². The summed E-state index contributed by atoms with van der Waals surface area (Å²) >= 11 is 0. The van der Waals surface area contributed by atoms with Crippen LogP contribution in [-0.4, -0.2) is 75.0 Å². The molecule has 0 aromatic heterocycles. The van der Waals surface area contributed by atoms with Crippen LogP contribution in [0, 0.1) is 0 Å². The molecule has 2 aliphatic carbocycles. The van der Waals surface area contributed by atoms with Crippen molar-refractivity contribution in [3.63, 3.8) is 0 Å². The van der Waals surface area contributed by atoms with Gasteiger partial charge in [-0.05, 0) is 66.2 Å². The normalized spacial score (nSPS) is 30.9. The van der Waals surface area contributed by atoms with Crippen LogP contribution in [0.4, 0.5) is 0 Å². The second-order valence-electron chi connectivity index (χ2n) is 10.1. The number of ether oxygens (including phenoxy) is 6. The maximum absolute atomic E-state index is 12.2. The van der Waals surface area contributed by atoms with Crippen molar-refractivity contribution < 1.29 is 38.0 Å². The van der Waals surface area contributed by atoms with Crippen LogP contribution in [0.5, 0.6) is 0 Å². The highest BCUT2D eigenvalue weighted by molar-refractivity contribution is 5.87. The SMILES string of the molecule is C=C(C)C(=O)OC1(C)CCCCC1OCCOCCOC1CCCC(OC)C1(C)OC(=O)C(=C)C. The summed E-state index contributed by atoms with van der Waals surface area (Å²) in [6.07, 6.45) is 5.43. The van der Waals surface area contributed by atoms with Gasteiger partial charge in [-0.15, -0.1) is 0 Å². The van der Waals surface area contributed by atoms with Gasteiger partial charge in [0.2, 0.25) is 0 Å². The Bertz CT molecular complexity index is 749. The molecule has 5 unspecified atom stereocenters. The number of carbonyl (C=O) groups is 2. The average Bonchev–Trinajstić information content (AvgIpc) is 2.80. The first-order valence-corrected chi connectivity index (χ1v) is 12.6. The zero-order valence-electron chi connectivity index (χ0n) is 22.2. The smallest absolute Gasteiger partial charge is 0.333 e. The molecule has 0 aromatic rings. The maximum atomic E-state index is 12.2. The molecule has 0 spiro atoms. The van der Waals surface area contributed by atoms with Crippen molar-refractivity contribution in [2.75, 3.05) is 33.5 Å². The quantitative estimate of drug-likeness (QED) is 0.212. The Hall–Kier alpha value is -1.74. The average molecular weight is 497 g/mol. The van der Waals surface area contributed by atoms with Gasteiger partial charge < -0.3 is 28.4 Å². The van der Waals surface area contributed by atoms with Crippen LogP contribution in [-0.2, 0) is 38.0 Å². The lowest BCUT2D eigenvalue weighted by Gasteiger charge is -2.45. The topological polar surface area (TPSA) is 89.5 Å². The summed E-state index contributed by atoms with van der Waals surface area (Å²) in [6, 6.07) is 0. The predicted molar refractivity (Wildman–Crippen MR) is 132 cm³/mol. The van der Waals surface area contributed by atoms with E-state index in [2.05, 4.69) is 13.2 Å². The van der Waals surface area contributed by atoms with Gasteiger partial charge in [0, 0.05) is 18.3 Å². The van der Waals surface area contributed by atoms with E-state index in [4.69, 9.17) is 28.4 Å². The molecule has 2 rings (SSSR count). The zero-order valence-corrected chi connectivity index (χ0v) is 22.2. The highest BCUT2D eigenvalue weighted by Gasteiger charge is 2.49. The van der Waals surface area contributed by atoms with E-state index in [-0.39, 0.29) is 24.3 Å². The van der Waals surface area contributed by atoms with Crippen molar-refractivity contribution in [3.05, 3.63) is 24.3 Å². The first-order valence-electron chi connectivity index (χ1n) is 12.6. The van der Waals surface area contributed by atoms with Gasteiger partial charge in [0.25, 0.3) is 0 Å². The molecular formula is C27H44O8. The summed E-state index contributed by atoms with van der Waals surface area (Å²) in [5.41, 5.74) is -0.808. The monoisotopic (exact) mass is 496 g/mol. The number of hydrogen-bond donors (Lipinski definition) is 0. The number of esters is 2. The molecule has 5 atom stereocenters. The van der Waals surface area contributed by atoms with Crippen LogP contribution in [0.25, 0.3) is 0 Å². The first kappa shape index (κ1) is 29.5. The van der Waals surface area contributed by atoms with E-state index in [1.807, 2.05) is 13.8 Å². The Morgan fingerprint density at radius 2 is 1.31 bits per heavy atom. The standard InChI is InChI=1S/C27H44O8/c1-19(2)24(28)34-26(5)14-9-8-11-21(26)32-17-15-31-16-18-33-23-13-10-12-22(30-7)27(23,6)35-25(29)20(3)4/h21-23H,1,3,8-18H2,2,4-7H3. The molecule has 0 heterocycles. The Morgan fingerprint density at radius 1 is 0.771 bits per heavy atom. The summed E-state index contributed by atoms with van der Waals surface area (Å²) in [4.78, 5) is 24.3. The van der Waals surface area contributed by atoms with Crippen LogP contribution in [0.2, 0.25) is 0 Å². The maximum Gasteiger partial charge on any atom is 0.333 e. The van der Waals surface area contributed by atoms with E-state index in [9.17, 15) is 9.59 Å². The summed E-state index contributed by atoms with van der Waals surface area (Å²) in [5.74, 6) is -0.821. The number of rotatable bonds is 13. The van der Waals surface area contributed by atoms with Crippen molar-refractivity contribution in [2.45, 2.75) is 102 Å². The second-order valence-corrected chi connectivity index (χ2v) is 10.1. The van der Waals surface area contributed by atoms with E-state index in [0.29, 0.717) is 37.6 Å². The molecular weight excluding hydrogens is 452 g/mol. The minimum Gasteiger partial charge on any atom is -0.453 e. The summed E-state index contributed by atoms with van der Waals surface area (Å²) in [6.45, 7) is 16.0. The molecule has 200 valence electrons. The van der Waals surface area contributed by atoms with Crippen LogP contribution < -0.4 is 0 Å². The van der Waals surface area contributed by atoms with Gasteiger partial charge in [0.15, 0.2) is 5.60 Å². The van der Waals surface area contributed by atoms with Crippen LogP contribution >= 0.6 is 0 Å². The molecule has 2 fully saturated rings. The molecule has 0 N–H and O–H groups in total. The Labute approximate surface area is 210 Å². The fourth-order valence-electron chi connectivity index (χ4n) is 4.84. The highest BCUT2D eigenvalue weighted by Crippen LogP contribution is 2.37. The van der Waals surface area contributed by atoms with Gasteiger partial charge in [-0.1, -0.05) is 19.6 Å². The third kappa shape index (κ3) is 8.13. The Kier molecular flexibility index (Phi) is 11.4. The van der Waals surface area contributed by atoms with Gasteiger partial charge in [0.05, 0.1) is 44.7 Å². The van der Waals surface area contributed by atoms with Gasteiger partial charge in [0.1, 0.15) is 5.60 Å². The summed E-state index contributed by atoms with van der Waals surface area (Å²) < 4.78 is 35.0. The number of hydrogen-bond acceptors (Lipinski definition) is 8. The molecule has 8 heteroatoms. The fourth-order valence-corrected chi connectivity index (χ4v) is 4.84. The number of carbonyl (C=O) groups excluding carboxylic acids is 2. The molecule has 0 saturated heterocycles. The van der Waals surface area contributed by atoms with Crippen molar-refractivity contribution >= 4 is 11.9 Å². The molecule has 8 nitrogen and oxygen atoms in total. The number of methoxy groups -OCH3 is 1. The highest BCUT2D eigenvalue weighted by atomic mass is 16.6. The molecule has 0 radical (unpaired) electrons.